The van der Waals surface area contributed by atoms with Gasteiger partial charge < -0.3 is 15.0 Å². The number of likely N-dealkylation sites (N-methyl/N-ethyl adjacent to an activating group) is 1. The van der Waals surface area contributed by atoms with Crippen LogP contribution >= 0.6 is 0 Å². The normalized spacial score (nSPS) is 18.1. The van der Waals surface area contributed by atoms with Crippen LogP contribution in [0.1, 0.15) is 23.2 Å². The van der Waals surface area contributed by atoms with Gasteiger partial charge in [0.25, 0.3) is 5.91 Å². The smallest absolute Gasteiger partial charge is 0.310 e. The van der Waals surface area contributed by atoms with Gasteiger partial charge in [-0.25, -0.2) is 0 Å². The third-order valence-electron chi connectivity index (χ3n) is 3.76. The second-order valence-electron chi connectivity index (χ2n) is 5.06. The van der Waals surface area contributed by atoms with Gasteiger partial charge in [0, 0.05) is 37.3 Å². The predicted octanol–water partition coefficient (Wildman–Crippen LogP) is 1.43. The molecule has 0 saturated carbocycles. The van der Waals surface area contributed by atoms with Crippen LogP contribution in [0.3, 0.4) is 0 Å². The van der Waals surface area contributed by atoms with E-state index in [9.17, 15) is 14.9 Å². The molecule has 0 radical (unpaired) electrons. The first-order valence-electron chi connectivity index (χ1n) is 6.85. The summed E-state index contributed by atoms with van der Waals surface area (Å²) in [4.78, 5) is 24.5. The molecule has 2 rings (SSSR count). The van der Waals surface area contributed by atoms with E-state index in [2.05, 4.69) is 5.32 Å². The molecule has 0 aliphatic carbocycles. The standard InChI is InChI=1S/C14H19N3O4/c1-16(11-4-3-7-15-9-11)14(18)10-5-6-12(17(19)20)13(8-10)21-2/h5-6,8,11,15H,3-4,7,9H2,1-2H3. The van der Waals surface area contributed by atoms with Gasteiger partial charge >= 0.3 is 5.69 Å². The Kier molecular flexibility index (Phi) is 4.74. The Morgan fingerprint density at radius 1 is 1.52 bits per heavy atom. The summed E-state index contributed by atoms with van der Waals surface area (Å²) in [5.74, 6) is -0.0575. The number of piperidine rings is 1. The van der Waals surface area contributed by atoms with Gasteiger partial charge in [-0.05, 0) is 25.5 Å². The summed E-state index contributed by atoms with van der Waals surface area (Å²) in [7, 11) is 3.11. The van der Waals surface area contributed by atoms with Crippen LogP contribution in [-0.2, 0) is 0 Å². The Balaban J connectivity index is 2.20. The number of methoxy groups -OCH3 is 1. The number of hydrogen-bond acceptors (Lipinski definition) is 5. The molecule has 114 valence electrons. The van der Waals surface area contributed by atoms with Crippen LogP contribution in [0.15, 0.2) is 18.2 Å². The molecule has 7 heteroatoms. The Morgan fingerprint density at radius 2 is 2.29 bits per heavy atom. The van der Waals surface area contributed by atoms with Crippen LogP contribution in [0.25, 0.3) is 0 Å². The first-order valence-corrected chi connectivity index (χ1v) is 6.85. The van der Waals surface area contributed by atoms with Crippen LogP contribution in [0, 0.1) is 10.1 Å². The molecular formula is C14H19N3O4. The molecule has 7 nitrogen and oxygen atoms in total. The van der Waals surface area contributed by atoms with E-state index in [-0.39, 0.29) is 23.4 Å². The monoisotopic (exact) mass is 293 g/mol. The fraction of sp³-hybridized carbons (Fsp3) is 0.500. The average molecular weight is 293 g/mol. The quantitative estimate of drug-likeness (QED) is 0.670. The van der Waals surface area contributed by atoms with Crippen LogP contribution in [0.5, 0.6) is 5.75 Å². The molecule has 0 aromatic heterocycles. The minimum absolute atomic E-state index is 0.0982. The molecule has 21 heavy (non-hydrogen) atoms. The highest BCUT2D eigenvalue weighted by Crippen LogP contribution is 2.28. The number of nitrogens with zero attached hydrogens (tertiary/aromatic N) is 2. The summed E-state index contributed by atoms with van der Waals surface area (Å²) in [6.07, 6.45) is 1.99. The van der Waals surface area contributed by atoms with Crippen molar-refractivity contribution in [1.82, 2.24) is 10.2 Å². The number of carbonyl (C=O) groups excluding carboxylic acids is 1. The Bertz CT molecular complexity index is 541. The number of nitrogens with one attached hydrogen (secondary N) is 1. The largest absolute Gasteiger partial charge is 0.490 e. The molecule has 0 bridgehead atoms. The molecule has 1 heterocycles. The molecule has 1 N–H and O–H groups in total. The zero-order valence-corrected chi connectivity index (χ0v) is 12.2. The molecular weight excluding hydrogens is 274 g/mol. The highest BCUT2D eigenvalue weighted by molar-refractivity contribution is 5.95. The zero-order valence-electron chi connectivity index (χ0n) is 12.2. The van der Waals surface area contributed by atoms with Gasteiger partial charge in [0.05, 0.1) is 12.0 Å². The minimum atomic E-state index is -0.526. The highest BCUT2D eigenvalue weighted by Gasteiger charge is 2.24. The summed E-state index contributed by atoms with van der Waals surface area (Å²) in [6, 6.07) is 4.34. The molecule has 1 aliphatic rings. The summed E-state index contributed by atoms with van der Waals surface area (Å²) in [6.45, 7) is 1.75. The van der Waals surface area contributed by atoms with E-state index in [0.29, 0.717) is 5.56 Å². The predicted molar refractivity (Wildman–Crippen MR) is 77.6 cm³/mol. The topological polar surface area (TPSA) is 84.7 Å². The summed E-state index contributed by atoms with van der Waals surface area (Å²) in [5.41, 5.74) is 0.251. The van der Waals surface area contributed by atoms with Gasteiger partial charge in [-0.2, -0.15) is 0 Å². The molecule has 1 saturated heterocycles. The lowest BCUT2D eigenvalue weighted by Crippen LogP contribution is -2.46. The fourth-order valence-corrected chi connectivity index (χ4v) is 2.49. The van der Waals surface area contributed by atoms with Crippen molar-refractivity contribution in [3.05, 3.63) is 33.9 Å². The molecule has 1 aliphatic heterocycles. The number of nitro benzene ring substituents is 1. The molecule has 1 fully saturated rings. The summed E-state index contributed by atoms with van der Waals surface area (Å²) < 4.78 is 5.00. The van der Waals surface area contributed by atoms with E-state index in [1.54, 1.807) is 11.9 Å². The van der Waals surface area contributed by atoms with E-state index in [1.165, 1.54) is 25.3 Å². The van der Waals surface area contributed by atoms with Crippen LogP contribution in [0.4, 0.5) is 5.69 Å². The van der Waals surface area contributed by atoms with Crippen molar-refractivity contribution in [2.45, 2.75) is 18.9 Å². The van der Waals surface area contributed by atoms with Crippen molar-refractivity contribution in [2.75, 3.05) is 27.2 Å². The van der Waals surface area contributed by atoms with Gasteiger partial charge in [0.15, 0.2) is 5.75 Å². The first-order chi connectivity index (χ1) is 10.0. The highest BCUT2D eigenvalue weighted by atomic mass is 16.6. The van der Waals surface area contributed by atoms with E-state index in [0.717, 1.165) is 25.9 Å². The fourth-order valence-electron chi connectivity index (χ4n) is 2.49. The Hall–Kier alpha value is -2.15. The number of benzene rings is 1. The third-order valence-corrected chi connectivity index (χ3v) is 3.76. The van der Waals surface area contributed by atoms with Gasteiger partial charge in [-0.3, -0.25) is 14.9 Å². The SMILES string of the molecule is COc1cc(C(=O)N(C)C2CCCNC2)ccc1[N+](=O)[O-]. The number of ether oxygens (including phenoxy) is 1. The molecule has 1 aromatic carbocycles. The molecule has 1 unspecified atom stereocenters. The van der Waals surface area contributed by atoms with E-state index in [1.807, 2.05) is 0 Å². The van der Waals surface area contributed by atoms with Gasteiger partial charge in [-0.15, -0.1) is 0 Å². The molecule has 1 atom stereocenters. The zero-order chi connectivity index (χ0) is 15.4. The molecule has 0 spiro atoms. The van der Waals surface area contributed by atoms with Crippen molar-refractivity contribution >= 4 is 11.6 Å². The number of amides is 1. The average Bonchev–Trinajstić information content (AvgIpc) is 2.53. The first kappa shape index (κ1) is 15.2. The number of carbonyl (C=O) groups is 1. The number of rotatable bonds is 4. The Labute approximate surface area is 123 Å². The maximum Gasteiger partial charge on any atom is 0.310 e. The maximum absolute atomic E-state index is 12.5. The number of nitro groups is 1. The van der Waals surface area contributed by atoms with Crippen LogP contribution < -0.4 is 10.1 Å². The lowest BCUT2D eigenvalue weighted by Gasteiger charge is -2.31. The second kappa shape index (κ2) is 6.53. The van der Waals surface area contributed by atoms with Crippen molar-refractivity contribution in [2.24, 2.45) is 0 Å². The van der Waals surface area contributed by atoms with E-state index < -0.39 is 4.92 Å². The molecule has 1 amide bonds. The van der Waals surface area contributed by atoms with E-state index >= 15 is 0 Å². The van der Waals surface area contributed by atoms with Crippen molar-refractivity contribution in [3.63, 3.8) is 0 Å². The van der Waals surface area contributed by atoms with Gasteiger partial charge in [0.2, 0.25) is 0 Å². The van der Waals surface area contributed by atoms with Gasteiger partial charge in [-0.1, -0.05) is 0 Å². The van der Waals surface area contributed by atoms with Crippen LogP contribution in [-0.4, -0.2) is 49.0 Å². The van der Waals surface area contributed by atoms with Gasteiger partial charge in [0.1, 0.15) is 0 Å². The van der Waals surface area contributed by atoms with Crippen molar-refractivity contribution in [1.29, 1.82) is 0 Å². The lowest BCUT2D eigenvalue weighted by molar-refractivity contribution is -0.385. The summed E-state index contributed by atoms with van der Waals surface area (Å²) >= 11 is 0. The third kappa shape index (κ3) is 3.30. The minimum Gasteiger partial charge on any atom is -0.490 e. The number of hydrogen-bond donors (Lipinski definition) is 1. The Morgan fingerprint density at radius 3 is 2.86 bits per heavy atom. The molecule has 1 aromatic rings. The van der Waals surface area contributed by atoms with Crippen molar-refractivity contribution < 1.29 is 14.5 Å². The van der Waals surface area contributed by atoms with Crippen LogP contribution in [0.2, 0.25) is 0 Å². The van der Waals surface area contributed by atoms with Crippen molar-refractivity contribution in [3.8, 4) is 5.75 Å². The maximum atomic E-state index is 12.5. The lowest BCUT2D eigenvalue weighted by atomic mass is 10.0. The van der Waals surface area contributed by atoms with E-state index in [4.69, 9.17) is 4.74 Å². The summed E-state index contributed by atoms with van der Waals surface area (Å²) in [5, 5.41) is 14.1. The second-order valence-corrected chi connectivity index (χ2v) is 5.06.